The van der Waals surface area contributed by atoms with Crippen LogP contribution in [0, 0.1) is 5.82 Å². The van der Waals surface area contributed by atoms with Gasteiger partial charge in [-0.05, 0) is 48.5 Å². The summed E-state index contributed by atoms with van der Waals surface area (Å²) in [5.74, 6) is -0.302. The van der Waals surface area contributed by atoms with Gasteiger partial charge in [0.1, 0.15) is 5.82 Å². The molecule has 0 radical (unpaired) electrons. The first kappa shape index (κ1) is 13.3. The molecule has 18 heavy (non-hydrogen) atoms. The maximum absolute atomic E-state index is 13.3. The number of rotatable bonds is 3. The highest BCUT2D eigenvalue weighted by Gasteiger charge is 2.15. The van der Waals surface area contributed by atoms with E-state index in [1.54, 1.807) is 25.2 Å². The number of hydrogen-bond acceptors (Lipinski definition) is 1. The van der Waals surface area contributed by atoms with E-state index >= 15 is 0 Å². The molecule has 2 aromatic rings. The van der Waals surface area contributed by atoms with Crippen LogP contribution in [0.5, 0.6) is 0 Å². The van der Waals surface area contributed by atoms with Gasteiger partial charge < -0.3 is 5.32 Å². The van der Waals surface area contributed by atoms with Gasteiger partial charge in [0, 0.05) is 10.0 Å². The molecule has 0 fully saturated rings. The Balaban J connectivity index is 2.44. The van der Waals surface area contributed by atoms with Crippen molar-refractivity contribution in [1.29, 1.82) is 0 Å². The number of halogens is 3. The van der Waals surface area contributed by atoms with Crippen molar-refractivity contribution in [2.75, 3.05) is 7.05 Å². The lowest BCUT2D eigenvalue weighted by Crippen LogP contribution is -2.18. The minimum Gasteiger partial charge on any atom is -0.309 e. The highest BCUT2D eigenvalue weighted by atomic mass is 35.5. The molecule has 2 aromatic carbocycles. The van der Waals surface area contributed by atoms with Crippen molar-refractivity contribution < 1.29 is 4.39 Å². The molecule has 4 heteroatoms. The fourth-order valence-corrected chi connectivity index (χ4v) is 2.25. The second kappa shape index (κ2) is 5.70. The third-order valence-corrected chi connectivity index (χ3v) is 3.36. The monoisotopic (exact) mass is 283 g/mol. The Morgan fingerprint density at radius 3 is 2.33 bits per heavy atom. The lowest BCUT2D eigenvalue weighted by Gasteiger charge is -2.18. The molecule has 1 atom stereocenters. The van der Waals surface area contributed by atoms with E-state index in [0.717, 1.165) is 5.56 Å². The molecule has 94 valence electrons. The van der Waals surface area contributed by atoms with Crippen LogP contribution >= 0.6 is 23.2 Å². The van der Waals surface area contributed by atoms with Gasteiger partial charge in [0.15, 0.2) is 0 Å². The van der Waals surface area contributed by atoms with Crippen LogP contribution in [0.4, 0.5) is 4.39 Å². The Hall–Kier alpha value is -1.09. The van der Waals surface area contributed by atoms with Gasteiger partial charge in [0.25, 0.3) is 0 Å². The lowest BCUT2D eigenvalue weighted by atomic mass is 9.99. The van der Waals surface area contributed by atoms with Crippen LogP contribution in [-0.4, -0.2) is 7.05 Å². The summed E-state index contributed by atoms with van der Waals surface area (Å²) in [6, 6.07) is 11.6. The minimum absolute atomic E-state index is 0.162. The molecule has 0 aromatic heterocycles. The number of nitrogens with one attached hydrogen (secondary N) is 1. The van der Waals surface area contributed by atoms with E-state index in [0.29, 0.717) is 15.6 Å². The van der Waals surface area contributed by atoms with E-state index in [1.807, 2.05) is 12.1 Å². The predicted molar refractivity (Wildman–Crippen MR) is 73.8 cm³/mol. The standard InChI is InChI=1S/C14H12Cl2FN/c1-18-14(9-2-4-10(15)5-3-9)12-8-11(17)6-7-13(12)16/h2-8,14,18H,1H3. The maximum atomic E-state index is 13.3. The molecule has 2 rings (SSSR count). The van der Waals surface area contributed by atoms with Crippen molar-refractivity contribution in [2.24, 2.45) is 0 Å². The Morgan fingerprint density at radius 2 is 1.72 bits per heavy atom. The predicted octanol–water partition coefficient (Wildman–Crippen LogP) is 4.44. The Kier molecular flexibility index (Phi) is 4.23. The summed E-state index contributed by atoms with van der Waals surface area (Å²) < 4.78 is 13.3. The molecule has 0 bridgehead atoms. The molecular formula is C14H12Cl2FN. The average molecular weight is 284 g/mol. The molecule has 0 spiro atoms. The summed E-state index contributed by atoms with van der Waals surface area (Å²) in [6.07, 6.45) is 0. The summed E-state index contributed by atoms with van der Waals surface area (Å²) in [5.41, 5.74) is 1.69. The number of hydrogen-bond donors (Lipinski definition) is 1. The van der Waals surface area contributed by atoms with Crippen LogP contribution in [0.1, 0.15) is 17.2 Å². The highest BCUT2D eigenvalue weighted by Crippen LogP contribution is 2.29. The van der Waals surface area contributed by atoms with E-state index in [-0.39, 0.29) is 11.9 Å². The summed E-state index contributed by atoms with van der Waals surface area (Å²) in [5, 5.41) is 4.33. The molecule has 1 nitrogen and oxygen atoms in total. The van der Waals surface area contributed by atoms with E-state index in [9.17, 15) is 4.39 Å². The normalized spacial score (nSPS) is 12.4. The molecule has 1 N–H and O–H groups in total. The smallest absolute Gasteiger partial charge is 0.123 e. The maximum Gasteiger partial charge on any atom is 0.123 e. The topological polar surface area (TPSA) is 12.0 Å². The van der Waals surface area contributed by atoms with Gasteiger partial charge in [-0.2, -0.15) is 0 Å². The fraction of sp³-hybridized carbons (Fsp3) is 0.143. The van der Waals surface area contributed by atoms with Crippen LogP contribution in [-0.2, 0) is 0 Å². The third kappa shape index (κ3) is 2.83. The largest absolute Gasteiger partial charge is 0.309 e. The van der Waals surface area contributed by atoms with Crippen molar-refractivity contribution in [3.63, 3.8) is 0 Å². The summed E-state index contributed by atoms with van der Waals surface area (Å²) >= 11 is 12.0. The second-order valence-electron chi connectivity index (χ2n) is 3.94. The van der Waals surface area contributed by atoms with Crippen molar-refractivity contribution >= 4 is 23.2 Å². The lowest BCUT2D eigenvalue weighted by molar-refractivity contribution is 0.617. The molecule has 0 aliphatic heterocycles. The molecule has 0 aliphatic rings. The van der Waals surface area contributed by atoms with Crippen LogP contribution < -0.4 is 5.32 Å². The van der Waals surface area contributed by atoms with Gasteiger partial charge in [-0.25, -0.2) is 4.39 Å². The van der Waals surface area contributed by atoms with Gasteiger partial charge in [-0.15, -0.1) is 0 Å². The van der Waals surface area contributed by atoms with Crippen molar-refractivity contribution in [3.8, 4) is 0 Å². The second-order valence-corrected chi connectivity index (χ2v) is 4.78. The zero-order valence-corrected chi connectivity index (χ0v) is 11.3. The molecule has 1 unspecified atom stereocenters. The van der Waals surface area contributed by atoms with E-state index < -0.39 is 0 Å². The quantitative estimate of drug-likeness (QED) is 0.878. The van der Waals surface area contributed by atoms with Crippen LogP contribution in [0.3, 0.4) is 0 Å². The van der Waals surface area contributed by atoms with Gasteiger partial charge in [-0.1, -0.05) is 35.3 Å². The van der Waals surface area contributed by atoms with E-state index in [4.69, 9.17) is 23.2 Å². The summed E-state index contributed by atoms with van der Waals surface area (Å²) in [7, 11) is 1.81. The molecule has 0 heterocycles. The zero-order chi connectivity index (χ0) is 13.1. The Morgan fingerprint density at radius 1 is 1.06 bits per heavy atom. The van der Waals surface area contributed by atoms with Crippen LogP contribution in [0.2, 0.25) is 10.0 Å². The number of benzene rings is 2. The van der Waals surface area contributed by atoms with E-state index in [2.05, 4.69) is 5.32 Å². The van der Waals surface area contributed by atoms with Gasteiger partial charge >= 0.3 is 0 Å². The zero-order valence-electron chi connectivity index (χ0n) is 9.75. The first-order valence-corrected chi connectivity index (χ1v) is 6.25. The average Bonchev–Trinajstić information content (AvgIpc) is 2.37. The van der Waals surface area contributed by atoms with Crippen LogP contribution in [0.25, 0.3) is 0 Å². The first-order valence-electron chi connectivity index (χ1n) is 5.49. The van der Waals surface area contributed by atoms with Gasteiger partial charge in [0.05, 0.1) is 6.04 Å². The molecule has 0 aliphatic carbocycles. The summed E-state index contributed by atoms with van der Waals surface area (Å²) in [4.78, 5) is 0. The van der Waals surface area contributed by atoms with Crippen LogP contribution in [0.15, 0.2) is 42.5 Å². The summed E-state index contributed by atoms with van der Waals surface area (Å²) in [6.45, 7) is 0. The Bertz CT molecular complexity index is 540. The van der Waals surface area contributed by atoms with Crippen molar-refractivity contribution in [2.45, 2.75) is 6.04 Å². The molecule has 0 saturated heterocycles. The van der Waals surface area contributed by atoms with Gasteiger partial charge in [-0.3, -0.25) is 0 Å². The fourth-order valence-electron chi connectivity index (χ4n) is 1.89. The minimum atomic E-state index is -0.302. The SMILES string of the molecule is CNC(c1ccc(Cl)cc1)c1cc(F)ccc1Cl. The molecular weight excluding hydrogens is 272 g/mol. The highest BCUT2D eigenvalue weighted by molar-refractivity contribution is 6.31. The van der Waals surface area contributed by atoms with E-state index in [1.165, 1.54) is 12.1 Å². The van der Waals surface area contributed by atoms with Gasteiger partial charge in [0.2, 0.25) is 0 Å². The molecule has 0 amide bonds. The first-order chi connectivity index (χ1) is 8.61. The molecule has 0 saturated carbocycles. The third-order valence-electron chi connectivity index (χ3n) is 2.76. The Labute approximate surface area is 116 Å². The van der Waals surface area contributed by atoms with Crippen molar-refractivity contribution in [1.82, 2.24) is 5.32 Å². The van der Waals surface area contributed by atoms with Crippen molar-refractivity contribution in [3.05, 3.63) is 69.5 Å².